The average molecular weight is 629 g/mol. The van der Waals surface area contributed by atoms with Crippen LogP contribution in [-0.4, -0.2) is 78.8 Å². The fourth-order valence-electron chi connectivity index (χ4n) is 5.63. The lowest BCUT2D eigenvalue weighted by molar-refractivity contribution is -0.151. The van der Waals surface area contributed by atoms with Crippen LogP contribution in [0.5, 0.6) is 0 Å². The molecule has 13 nitrogen and oxygen atoms in total. The molecule has 7 N–H and O–H groups in total. The van der Waals surface area contributed by atoms with Crippen molar-refractivity contribution in [1.29, 1.82) is 0 Å². The third kappa shape index (κ3) is 7.55. The number of aliphatic hydroxyl groups excluding tert-OH is 1. The van der Waals surface area contributed by atoms with E-state index < -0.39 is 52.7 Å². The number of carboxylic acid groups (broad SMARTS) is 2. The number of nitrogens with zero attached hydrogens (tertiary/aromatic N) is 1. The maximum absolute atomic E-state index is 13.2. The van der Waals surface area contributed by atoms with E-state index in [1.54, 1.807) is 12.4 Å². The van der Waals surface area contributed by atoms with E-state index in [9.17, 15) is 29.1 Å². The zero-order valence-corrected chi connectivity index (χ0v) is 24.9. The van der Waals surface area contributed by atoms with E-state index in [4.69, 9.17) is 20.7 Å². The molecule has 0 saturated carbocycles. The van der Waals surface area contributed by atoms with Gasteiger partial charge in [0.05, 0.1) is 4.75 Å². The number of thioether (sulfide) groups is 1. The quantitative estimate of drug-likeness (QED) is 0.0912. The number of rotatable bonds is 15. The molecule has 3 aliphatic rings. The number of allylic oxidation sites excluding steroid dienone is 2. The second-order valence-corrected chi connectivity index (χ2v) is 12.4. The molecular formula is C30H36N4O9S. The number of aromatic nitrogens is 1. The third-order valence-electron chi connectivity index (χ3n) is 7.79. The van der Waals surface area contributed by atoms with Crippen LogP contribution < -0.4 is 16.4 Å². The van der Waals surface area contributed by atoms with Crippen molar-refractivity contribution in [1.82, 2.24) is 15.6 Å². The predicted molar refractivity (Wildman–Crippen MR) is 159 cm³/mol. The molecule has 0 saturated heterocycles. The number of esters is 1. The highest BCUT2D eigenvalue weighted by Crippen LogP contribution is 2.53. The summed E-state index contributed by atoms with van der Waals surface area (Å²) < 4.78 is 5.10. The fraction of sp³-hybridized carbons (Fsp3) is 0.467. The molecule has 0 bridgehead atoms. The van der Waals surface area contributed by atoms with Gasteiger partial charge in [-0.05, 0) is 49.0 Å². The zero-order chi connectivity index (χ0) is 32.0. The van der Waals surface area contributed by atoms with Crippen molar-refractivity contribution in [2.75, 3.05) is 5.75 Å². The van der Waals surface area contributed by atoms with Crippen LogP contribution in [0.3, 0.4) is 0 Å². The van der Waals surface area contributed by atoms with Crippen LogP contribution >= 0.6 is 11.8 Å². The molecule has 0 aromatic carbocycles. The number of nitrogens with two attached hydrogens (primary N) is 1. The first kappa shape index (κ1) is 32.9. The number of pyridine rings is 1. The van der Waals surface area contributed by atoms with Gasteiger partial charge < -0.3 is 36.4 Å². The van der Waals surface area contributed by atoms with Gasteiger partial charge in [-0.2, -0.15) is 0 Å². The van der Waals surface area contributed by atoms with E-state index in [1.807, 2.05) is 36.5 Å². The Balaban J connectivity index is 1.56. The Morgan fingerprint density at radius 1 is 1.18 bits per heavy atom. The molecule has 0 unspecified atom stereocenters. The number of carbonyl (C=O) groups is 5. The normalized spacial score (nSPS) is 24.0. The Kier molecular flexibility index (Phi) is 10.6. The maximum atomic E-state index is 13.2. The van der Waals surface area contributed by atoms with E-state index in [0.717, 1.165) is 16.7 Å². The van der Waals surface area contributed by atoms with Crippen molar-refractivity contribution in [2.45, 2.75) is 68.5 Å². The first-order valence-corrected chi connectivity index (χ1v) is 15.3. The van der Waals surface area contributed by atoms with E-state index in [-0.39, 0.29) is 30.5 Å². The van der Waals surface area contributed by atoms with E-state index >= 15 is 0 Å². The Morgan fingerprint density at radius 2 is 1.91 bits per heavy atom. The molecule has 44 heavy (non-hydrogen) atoms. The summed E-state index contributed by atoms with van der Waals surface area (Å²) in [5, 5.41) is 32.2. The number of ether oxygens (including phenoxy) is 1. The van der Waals surface area contributed by atoms with Crippen LogP contribution in [-0.2, 0) is 35.1 Å². The number of hydrogen-bond acceptors (Lipinski definition) is 10. The number of carboxylic acids is 2. The number of carbonyl (C=O) groups excluding carboxylic acids is 3. The monoisotopic (exact) mass is 628 g/mol. The molecule has 0 fully saturated rings. The molecule has 2 amide bonds. The van der Waals surface area contributed by atoms with Gasteiger partial charge in [0, 0.05) is 30.5 Å². The number of hydrogen-bond donors (Lipinski definition) is 6. The first-order valence-electron chi connectivity index (χ1n) is 14.3. The summed E-state index contributed by atoms with van der Waals surface area (Å²) >= 11 is 1.26. The van der Waals surface area contributed by atoms with Crippen LogP contribution in [0, 0.1) is 11.8 Å². The molecule has 14 heteroatoms. The Labute approximate surface area is 258 Å². The van der Waals surface area contributed by atoms with Crippen LogP contribution in [0.1, 0.15) is 44.6 Å². The maximum Gasteiger partial charge on any atom is 0.353 e. The van der Waals surface area contributed by atoms with Crippen molar-refractivity contribution in [2.24, 2.45) is 17.6 Å². The summed E-state index contributed by atoms with van der Waals surface area (Å²) in [6.45, 7) is 1.97. The van der Waals surface area contributed by atoms with Gasteiger partial charge in [0.15, 0.2) is 0 Å². The lowest BCUT2D eigenvalue weighted by atomic mass is 9.72. The van der Waals surface area contributed by atoms with Gasteiger partial charge in [0.25, 0.3) is 0 Å². The van der Waals surface area contributed by atoms with Crippen molar-refractivity contribution < 1.29 is 44.0 Å². The molecule has 236 valence electrons. The van der Waals surface area contributed by atoms with Crippen LogP contribution in [0.15, 0.2) is 59.7 Å². The van der Waals surface area contributed by atoms with Crippen LogP contribution in [0.2, 0.25) is 0 Å². The molecule has 0 radical (unpaired) electrons. The van der Waals surface area contributed by atoms with Crippen LogP contribution in [0.25, 0.3) is 0 Å². The van der Waals surface area contributed by atoms with Gasteiger partial charge in [-0.25, -0.2) is 4.79 Å². The Morgan fingerprint density at radius 3 is 2.57 bits per heavy atom. The van der Waals surface area contributed by atoms with Gasteiger partial charge in [-0.1, -0.05) is 37.1 Å². The standard InChI is InChI=1S/C30H36N4O9S/c1-2-8-30(44-15-21(25(36)34-26(37)28(40)41)33-22(35)4-3-20(31)27(38)39)9-5-18-13-17(12-16-6-10-32-11-7-16)14-19-23(18)24(30)43-29(19)42/h5-7,9-11,14,18-21,26,37H,2-4,8,12-13,15,31H2,1H3,(H,33,35)(H,34,36)(H,38,39)(H,40,41)/t18-,19+,20-,21-,26-,30-/m0/s1. The highest BCUT2D eigenvalue weighted by atomic mass is 32.2. The second-order valence-electron chi connectivity index (χ2n) is 11.0. The largest absolute Gasteiger partial charge is 0.480 e. The minimum absolute atomic E-state index is 0.0446. The molecule has 1 aliphatic heterocycles. The summed E-state index contributed by atoms with van der Waals surface area (Å²) in [6.07, 6.45) is 9.40. The minimum Gasteiger partial charge on any atom is -0.480 e. The number of nitrogens with one attached hydrogen (secondary N) is 2. The van der Waals surface area contributed by atoms with Crippen molar-refractivity contribution in [3.8, 4) is 0 Å². The van der Waals surface area contributed by atoms with E-state index in [2.05, 4.69) is 16.4 Å². The SMILES string of the molecule is CCC[C@]1(SC[C@H](NC(=O)CC[C@H](N)C(=O)O)C(=O)N[C@@H](O)C(=O)O)C=C[C@H]2CC(Cc3ccncc3)=C[C@H]3C(=O)OC1=C32. The Bertz CT molecular complexity index is 1400. The smallest absolute Gasteiger partial charge is 0.353 e. The highest BCUT2D eigenvalue weighted by molar-refractivity contribution is 8.01. The van der Waals surface area contributed by atoms with Gasteiger partial charge in [0.2, 0.25) is 18.0 Å². The number of aliphatic carboxylic acids is 2. The third-order valence-corrected chi connectivity index (χ3v) is 9.33. The van der Waals surface area contributed by atoms with Crippen molar-refractivity contribution >= 4 is 41.5 Å². The topological polar surface area (TPSA) is 218 Å². The molecule has 0 spiro atoms. The molecule has 1 aromatic heterocycles. The van der Waals surface area contributed by atoms with Gasteiger partial charge in [-0.15, -0.1) is 11.8 Å². The van der Waals surface area contributed by atoms with E-state index in [0.29, 0.717) is 31.4 Å². The zero-order valence-electron chi connectivity index (χ0n) is 24.1. The summed E-state index contributed by atoms with van der Waals surface area (Å²) in [4.78, 5) is 65.1. The molecule has 1 aromatic rings. The number of aliphatic hydroxyl groups is 1. The molecular weight excluding hydrogens is 592 g/mol. The average Bonchev–Trinajstić information content (AvgIpc) is 3.33. The van der Waals surface area contributed by atoms with Crippen molar-refractivity contribution in [3.05, 3.63) is 65.2 Å². The number of amides is 2. The lowest BCUT2D eigenvalue weighted by Gasteiger charge is -2.38. The molecule has 6 atom stereocenters. The molecule has 4 rings (SSSR count). The fourth-order valence-corrected chi connectivity index (χ4v) is 7.14. The minimum atomic E-state index is -2.20. The Hall–Kier alpha value is -4.01. The molecule has 2 heterocycles. The van der Waals surface area contributed by atoms with E-state index in [1.165, 1.54) is 11.8 Å². The summed E-state index contributed by atoms with van der Waals surface area (Å²) in [6, 6.07) is 1.29. The molecule has 2 aliphatic carbocycles. The van der Waals surface area contributed by atoms with Gasteiger partial charge >= 0.3 is 17.9 Å². The second kappa shape index (κ2) is 14.2. The highest BCUT2D eigenvalue weighted by Gasteiger charge is 2.50. The van der Waals surface area contributed by atoms with Crippen LogP contribution in [0.4, 0.5) is 0 Å². The first-order chi connectivity index (χ1) is 20.9. The predicted octanol–water partition coefficient (Wildman–Crippen LogP) is 1.04. The summed E-state index contributed by atoms with van der Waals surface area (Å²) in [5.74, 6) is -5.10. The van der Waals surface area contributed by atoms with Gasteiger partial charge in [0.1, 0.15) is 23.8 Å². The van der Waals surface area contributed by atoms with Crippen molar-refractivity contribution in [3.63, 3.8) is 0 Å². The summed E-state index contributed by atoms with van der Waals surface area (Å²) in [7, 11) is 0. The lowest BCUT2D eigenvalue weighted by Crippen LogP contribution is -2.53. The summed E-state index contributed by atoms with van der Waals surface area (Å²) in [5.41, 5.74) is 8.57. The van der Waals surface area contributed by atoms with Gasteiger partial charge in [-0.3, -0.25) is 24.2 Å².